The fraction of sp³-hybridized carbons (Fsp3) is 0.581. The highest BCUT2D eigenvalue weighted by molar-refractivity contribution is 5.86. The van der Waals surface area contributed by atoms with E-state index in [2.05, 4.69) is 18.5 Å². The van der Waals surface area contributed by atoms with E-state index in [1.807, 2.05) is 50.3 Å². The molecule has 1 saturated heterocycles. The summed E-state index contributed by atoms with van der Waals surface area (Å²) in [4.78, 5) is 40.9. The molecule has 38 heavy (non-hydrogen) atoms. The third kappa shape index (κ3) is 10.1. The van der Waals surface area contributed by atoms with E-state index < -0.39 is 5.92 Å². The van der Waals surface area contributed by atoms with E-state index in [1.54, 1.807) is 11.0 Å². The van der Waals surface area contributed by atoms with Crippen LogP contribution in [0.2, 0.25) is 0 Å². The van der Waals surface area contributed by atoms with Crippen molar-refractivity contribution in [3.05, 3.63) is 61.2 Å². The summed E-state index contributed by atoms with van der Waals surface area (Å²) in [5.74, 6) is -1.45. The first-order valence-electron chi connectivity index (χ1n) is 13.9. The number of aliphatic hydroxyl groups excluding tert-OH is 1. The second kappa shape index (κ2) is 16.8. The van der Waals surface area contributed by atoms with Crippen molar-refractivity contribution in [2.75, 3.05) is 19.8 Å². The Kier molecular flexibility index (Phi) is 13.8. The van der Waals surface area contributed by atoms with Crippen molar-refractivity contribution in [2.45, 2.75) is 77.3 Å². The first kappa shape index (κ1) is 31.3. The molecule has 2 rings (SSSR count). The second-order valence-corrected chi connectivity index (χ2v) is 10.6. The van der Waals surface area contributed by atoms with E-state index in [0.29, 0.717) is 25.8 Å². The van der Waals surface area contributed by atoms with E-state index in [0.717, 1.165) is 31.2 Å². The van der Waals surface area contributed by atoms with Crippen LogP contribution in [0.1, 0.15) is 64.4 Å². The maximum atomic E-state index is 13.2. The summed E-state index contributed by atoms with van der Waals surface area (Å²) >= 11 is 0. The first-order valence-corrected chi connectivity index (χ1v) is 13.9. The van der Waals surface area contributed by atoms with E-state index in [4.69, 9.17) is 4.74 Å². The van der Waals surface area contributed by atoms with Crippen LogP contribution >= 0.6 is 0 Å². The Labute approximate surface area is 228 Å². The molecule has 0 bridgehead atoms. The zero-order valence-electron chi connectivity index (χ0n) is 23.1. The minimum Gasteiger partial charge on any atom is -0.463 e. The van der Waals surface area contributed by atoms with Crippen LogP contribution in [0.15, 0.2) is 55.6 Å². The van der Waals surface area contributed by atoms with Gasteiger partial charge in [0.05, 0.1) is 30.5 Å². The molecule has 2 N–H and O–H groups in total. The number of aliphatic hydroxyl groups is 1. The summed E-state index contributed by atoms with van der Waals surface area (Å²) in [6.07, 6.45) is 8.55. The summed E-state index contributed by atoms with van der Waals surface area (Å²) in [7, 11) is 0. The van der Waals surface area contributed by atoms with Gasteiger partial charge in [-0.3, -0.25) is 14.4 Å². The normalized spacial score (nSPS) is 17.5. The predicted octanol–water partition coefficient (Wildman–Crippen LogP) is 4.45. The molecule has 1 aliphatic heterocycles. The van der Waals surface area contributed by atoms with E-state index in [9.17, 15) is 19.5 Å². The molecule has 1 heterocycles. The van der Waals surface area contributed by atoms with Gasteiger partial charge in [-0.05, 0) is 56.4 Å². The van der Waals surface area contributed by atoms with Gasteiger partial charge in [-0.1, -0.05) is 56.3 Å². The summed E-state index contributed by atoms with van der Waals surface area (Å²) in [5.41, 5.74) is 1.08. The van der Waals surface area contributed by atoms with Crippen LogP contribution in [0.3, 0.4) is 0 Å². The fourth-order valence-corrected chi connectivity index (χ4v) is 4.87. The third-order valence-corrected chi connectivity index (χ3v) is 7.31. The predicted molar refractivity (Wildman–Crippen MR) is 150 cm³/mol. The summed E-state index contributed by atoms with van der Waals surface area (Å²) in [6, 6.07) is 9.35. The van der Waals surface area contributed by atoms with Crippen molar-refractivity contribution in [2.24, 2.45) is 17.8 Å². The molecule has 0 spiro atoms. The number of carbonyl (C=O) groups is 3. The van der Waals surface area contributed by atoms with Crippen molar-refractivity contribution in [3.63, 3.8) is 0 Å². The van der Waals surface area contributed by atoms with Gasteiger partial charge in [-0.15, -0.1) is 13.2 Å². The number of rotatable bonds is 17. The number of likely N-dealkylation sites (tertiary alicyclic amines) is 1. The van der Waals surface area contributed by atoms with Crippen molar-refractivity contribution < 1.29 is 24.2 Å². The lowest BCUT2D eigenvalue weighted by Gasteiger charge is -2.28. The van der Waals surface area contributed by atoms with Gasteiger partial charge >= 0.3 is 5.97 Å². The van der Waals surface area contributed by atoms with Crippen LogP contribution in [0.4, 0.5) is 0 Å². The monoisotopic (exact) mass is 526 g/mol. The number of carbonyl (C=O) groups excluding carboxylic acids is 3. The Bertz CT molecular complexity index is 901. The number of ether oxygens (including phenoxy) is 1. The van der Waals surface area contributed by atoms with E-state index >= 15 is 0 Å². The molecule has 0 radical (unpaired) electrons. The third-order valence-electron chi connectivity index (χ3n) is 7.31. The maximum absolute atomic E-state index is 13.2. The number of esters is 1. The minimum atomic E-state index is -0.568. The average Bonchev–Trinajstić information content (AvgIpc) is 3.39. The Morgan fingerprint density at radius 2 is 1.89 bits per heavy atom. The van der Waals surface area contributed by atoms with E-state index in [1.165, 1.54) is 0 Å². The van der Waals surface area contributed by atoms with Crippen molar-refractivity contribution in [1.82, 2.24) is 10.2 Å². The average molecular weight is 527 g/mol. The zero-order chi connectivity index (χ0) is 27.9. The number of benzene rings is 1. The Balaban J connectivity index is 1.99. The van der Waals surface area contributed by atoms with Gasteiger partial charge in [-0.25, -0.2) is 0 Å². The lowest BCUT2D eigenvalue weighted by molar-refractivity contribution is -0.150. The van der Waals surface area contributed by atoms with Gasteiger partial charge in [0.2, 0.25) is 11.8 Å². The summed E-state index contributed by atoms with van der Waals surface area (Å²) < 4.78 is 5.76. The molecule has 0 saturated carbocycles. The van der Waals surface area contributed by atoms with Crippen LogP contribution in [0, 0.1) is 17.8 Å². The molecule has 1 aliphatic rings. The fourth-order valence-electron chi connectivity index (χ4n) is 4.87. The molecule has 7 nitrogen and oxygen atoms in total. The van der Waals surface area contributed by atoms with Crippen molar-refractivity contribution in [3.8, 4) is 0 Å². The number of unbranched alkanes of at least 4 members (excludes halogenated alkanes) is 1. The lowest BCUT2D eigenvalue weighted by atomic mass is 9.94. The van der Waals surface area contributed by atoms with Crippen LogP contribution < -0.4 is 5.32 Å². The number of amides is 2. The molecule has 4 atom stereocenters. The van der Waals surface area contributed by atoms with Crippen LogP contribution in [-0.2, 0) is 25.5 Å². The first-order chi connectivity index (χ1) is 18.3. The Morgan fingerprint density at radius 1 is 1.16 bits per heavy atom. The number of allylic oxidation sites excluding steroid dienone is 2. The Morgan fingerprint density at radius 3 is 2.53 bits per heavy atom. The lowest BCUT2D eigenvalue weighted by Crippen LogP contribution is -2.46. The molecule has 4 unspecified atom stereocenters. The summed E-state index contributed by atoms with van der Waals surface area (Å²) in [5, 5.41) is 12.6. The topological polar surface area (TPSA) is 95.9 Å². The molecular formula is C31H46N2O5. The highest BCUT2D eigenvalue weighted by Crippen LogP contribution is 2.22. The van der Waals surface area contributed by atoms with Crippen LogP contribution in [0.5, 0.6) is 0 Å². The number of hydrogen-bond donors (Lipinski definition) is 2. The van der Waals surface area contributed by atoms with Gasteiger partial charge in [0, 0.05) is 13.0 Å². The Hall–Kier alpha value is -2.93. The van der Waals surface area contributed by atoms with Gasteiger partial charge in [0.25, 0.3) is 0 Å². The van der Waals surface area contributed by atoms with Crippen LogP contribution in [0.25, 0.3) is 0 Å². The molecule has 210 valence electrons. The second-order valence-electron chi connectivity index (χ2n) is 10.6. The largest absolute Gasteiger partial charge is 0.463 e. The molecule has 1 aromatic carbocycles. The molecule has 1 fully saturated rings. The standard InChI is InChI=1S/C31H46N2O5/c1-5-7-9-16-26(19-24-14-10-8-11-15-24)31(37)38-22-28(23(3)4)32-30(36)25(13-6-2)20-29(35)33-18-12-17-27(33)21-34/h5-6,8,10-11,14-15,23,25-28,34H,1-2,7,9,12-13,16-22H2,3-4H3,(H,32,36). The van der Waals surface area contributed by atoms with Gasteiger partial charge in [0.15, 0.2) is 0 Å². The maximum Gasteiger partial charge on any atom is 0.309 e. The van der Waals surface area contributed by atoms with Crippen molar-refractivity contribution in [1.29, 1.82) is 0 Å². The smallest absolute Gasteiger partial charge is 0.309 e. The van der Waals surface area contributed by atoms with Gasteiger partial charge in [0.1, 0.15) is 6.61 Å². The SMILES string of the molecule is C=CCCCC(Cc1ccccc1)C(=O)OCC(NC(=O)C(CC=C)CC(=O)N1CCCC1CO)C(C)C. The number of hydrogen-bond acceptors (Lipinski definition) is 5. The molecule has 1 aromatic rings. The van der Waals surface area contributed by atoms with Gasteiger partial charge in [-0.2, -0.15) is 0 Å². The molecule has 7 heteroatoms. The molecular weight excluding hydrogens is 480 g/mol. The van der Waals surface area contributed by atoms with Crippen LogP contribution in [-0.4, -0.2) is 59.6 Å². The number of nitrogens with one attached hydrogen (secondary N) is 1. The molecule has 2 amide bonds. The molecule has 0 aliphatic carbocycles. The highest BCUT2D eigenvalue weighted by atomic mass is 16.5. The highest BCUT2D eigenvalue weighted by Gasteiger charge is 2.32. The minimum absolute atomic E-state index is 0.0255. The zero-order valence-corrected chi connectivity index (χ0v) is 23.1. The van der Waals surface area contributed by atoms with Gasteiger partial charge < -0.3 is 20.1 Å². The quantitative estimate of drug-likeness (QED) is 0.178. The van der Waals surface area contributed by atoms with Crippen molar-refractivity contribution >= 4 is 17.8 Å². The number of nitrogens with zero attached hydrogens (tertiary/aromatic N) is 1. The van der Waals surface area contributed by atoms with E-state index in [-0.39, 0.29) is 61.3 Å². The molecule has 0 aromatic heterocycles. The summed E-state index contributed by atoms with van der Waals surface area (Å²) in [6.45, 7) is 12.1.